The third-order valence-corrected chi connectivity index (χ3v) is 6.36. The van der Waals surface area contributed by atoms with Crippen LogP contribution in [-0.4, -0.2) is 43.8 Å². The molecule has 0 aliphatic heterocycles. The van der Waals surface area contributed by atoms with Gasteiger partial charge in [-0.05, 0) is 36.4 Å². The molecule has 0 aliphatic carbocycles. The topological polar surface area (TPSA) is 86.8 Å². The minimum atomic E-state index is -0.220. The summed E-state index contributed by atoms with van der Waals surface area (Å²) < 4.78 is 16.3. The van der Waals surface area contributed by atoms with Crippen LogP contribution in [0.3, 0.4) is 0 Å². The van der Waals surface area contributed by atoms with Crippen LogP contribution < -0.4 is 19.5 Å². The van der Waals surface area contributed by atoms with Gasteiger partial charge >= 0.3 is 0 Å². The van der Waals surface area contributed by atoms with Crippen LogP contribution in [0.1, 0.15) is 16.1 Å². The Balaban J connectivity index is 1.54. The van der Waals surface area contributed by atoms with E-state index in [1.54, 1.807) is 56.7 Å². The molecule has 9 heteroatoms. The second-order valence-corrected chi connectivity index (χ2v) is 8.42. The largest absolute Gasteiger partial charge is 0.497 e. The number of nitrogens with zero attached hydrogens (tertiary/aromatic N) is 1. The van der Waals surface area contributed by atoms with Gasteiger partial charge < -0.3 is 19.5 Å². The van der Waals surface area contributed by atoms with Crippen molar-refractivity contribution in [3.63, 3.8) is 0 Å². The first-order valence-corrected chi connectivity index (χ1v) is 11.1. The lowest BCUT2D eigenvalue weighted by atomic mass is 10.1. The van der Waals surface area contributed by atoms with Crippen molar-refractivity contribution < 1.29 is 23.8 Å². The molecular formula is C22H22N2O5S2. The average Bonchev–Trinajstić information content (AvgIpc) is 3.24. The molecule has 31 heavy (non-hydrogen) atoms. The number of anilines is 1. The first kappa shape index (κ1) is 22.6. The van der Waals surface area contributed by atoms with Crippen LogP contribution in [0.25, 0.3) is 0 Å². The van der Waals surface area contributed by atoms with E-state index in [1.807, 2.05) is 5.38 Å². The third-order valence-electron chi connectivity index (χ3n) is 4.29. The fourth-order valence-electron chi connectivity index (χ4n) is 2.69. The predicted molar refractivity (Wildman–Crippen MR) is 122 cm³/mol. The SMILES string of the molecule is COc1ccc(C(=O)CSc2nc(CC(=O)Nc3cc(OC)ccc3OC)cs2)cc1. The fraction of sp³-hybridized carbons (Fsp3) is 0.227. The average molecular weight is 459 g/mol. The number of hydrogen-bond donors (Lipinski definition) is 1. The van der Waals surface area contributed by atoms with Crippen molar-refractivity contribution in [2.24, 2.45) is 0 Å². The summed E-state index contributed by atoms with van der Waals surface area (Å²) >= 11 is 2.76. The van der Waals surface area contributed by atoms with Crippen LogP contribution in [0.4, 0.5) is 5.69 Å². The zero-order valence-corrected chi connectivity index (χ0v) is 19.0. The zero-order valence-electron chi connectivity index (χ0n) is 17.3. The molecule has 2 aromatic carbocycles. The molecule has 0 radical (unpaired) electrons. The Morgan fingerprint density at radius 1 is 1.00 bits per heavy atom. The van der Waals surface area contributed by atoms with E-state index >= 15 is 0 Å². The van der Waals surface area contributed by atoms with Gasteiger partial charge in [0.05, 0.1) is 44.9 Å². The zero-order chi connectivity index (χ0) is 22.2. The van der Waals surface area contributed by atoms with Crippen LogP contribution in [0, 0.1) is 0 Å². The van der Waals surface area contributed by atoms with Crippen molar-refractivity contribution >= 4 is 40.5 Å². The van der Waals surface area contributed by atoms with E-state index in [0.29, 0.717) is 34.2 Å². The highest BCUT2D eigenvalue weighted by Crippen LogP contribution is 2.29. The molecule has 1 amide bonds. The van der Waals surface area contributed by atoms with Crippen LogP contribution >= 0.6 is 23.1 Å². The summed E-state index contributed by atoms with van der Waals surface area (Å²) in [5, 5.41) is 4.65. The lowest BCUT2D eigenvalue weighted by Crippen LogP contribution is -2.15. The number of Topliss-reactive ketones (excluding diaryl/α,β-unsaturated/α-hetero) is 1. The number of thioether (sulfide) groups is 1. The predicted octanol–water partition coefficient (Wildman–Crippen LogP) is 4.33. The molecule has 0 unspecified atom stereocenters. The van der Waals surface area contributed by atoms with Crippen LogP contribution in [0.2, 0.25) is 0 Å². The molecule has 0 atom stereocenters. The third kappa shape index (κ3) is 6.22. The second kappa shape index (κ2) is 10.8. The summed E-state index contributed by atoms with van der Waals surface area (Å²) in [5.41, 5.74) is 1.79. The Bertz CT molecular complexity index is 1050. The summed E-state index contributed by atoms with van der Waals surface area (Å²) in [4.78, 5) is 29.2. The highest BCUT2D eigenvalue weighted by atomic mass is 32.2. The van der Waals surface area contributed by atoms with Gasteiger partial charge in [-0.25, -0.2) is 4.98 Å². The summed E-state index contributed by atoms with van der Waals surface area (Å²) in [6.07, 6.45) is 0.115. The molecule has 0 spiro atoms. The number of carbonyl (C=O) groups is 2. The minimum Gasteiger partial charge on any atom is -0.497 e. The van der Waals surface area contributed by atoms with Crippen LogP contribution in [-0.2, 0) is 11.2 Å². The number of thiazole rings is 1. The molecule has 7 nitrogen and oxygen atoms in total. The second-order valence-electron chi connectivity index (χ2n) is 6.34. The number of benzene rings is 2. The van der Waals surface area contributed by atoms with E-state index in [9.17, 15) is 9.59 Å². The van der Waals surface area contributed by atoms with Gasteiger partial charge in [-0.15, -0.1) is 11.3 Å². The molecule has 0 aliphatic rings. The van der Waals surface area contributed by atoms with Crippen molar-refractivity contribution in [1.29, 1.82) is 0 Å². The van der Waals surface area contributed by atoms with Gasteiger partial charge in [0.1, 0.15) is 17.2 Å². The number of hydrogen-bond acceptors (Lipinski definition) is 8. The number of carbonyl (C=O) groups excluding carboxylic acids is 2. The Labute approximate surface area is 188 Å². The summed E-state index contributed by atoms with van der Waals surface area (Å²) in [5.74, 6) is 1.92. The first-order valence-electron chi connectivity index (χ1n) is 9.28. The van der Waals surface area contributed by atoms with E-state index in [-0.39, 0.29) is 23.9 Å². The number of amides is 1. The normalized spacial score (nSPS) is 10.4. The number of rotatable bonds is 10. The van der Waals surface area contributed by atoms with Gasteiger partial charge in [-0.3, -0.25) is 9.59 Å². The standard InChI is InChI=1S/C22H22N2O5S2/c1-27-16-6-4-14(5-7-16)19(25)13-31-22-23-15(12-30-22)10-21(26)24-18-11-17(28-2)8-9-20(18)29-3/h4-9,11-12H,10,13H2,1-3H3,(H,24,26). The van der Waals surface area contributed by atoms with Crippen molar-refractivity contribution in [2.45, 2.75) is 10.8 Å². The van der Waals surface area contributed by atoms with Crippen molar-refractivity contribution in [3.05, 3.63) is 59.1 Å². The summed E-state index contributed by atoms with van der Waals surface area (Å²) in [7, 11) is 4.68. The Morgan fingerprint density at radius 3 is 2.39 bits per heavy atom. The Kier molecular flexibility index (Phi) is 7.91. The number of aromatic nitrogens is 1. The Morgan fingerprint density at radius 2 is 1.71 bits per heavy atom. The number of methoxy groups -OCH3 is 3. The highest BCUT2D eigenvalue weighted by molar-refractivity contribution is 8.01. The molecule has 1 aromatic heterocycles. The van der Waals surface area contributed by atoms with Crippen LogP contribution in [0.5, 0.6) is 17.2 Å². The monoisotopic (exact) mass is 458 g/mol. The van der Waals surface area contributed by atoms with E-state index < -0.39 is 0 Å². The molecule has 0 fully saturated rings. The van der Waals surface area contributed by atoms with Crippen molar-refractivity contribution in [3.8, 4) is 17.2 Å². The molecule has 3 aromatic rings. The van der Waals surface area contributed by atoms with E-state index in [1.165, 1.54) is 30.2 Å². The van der Waals surface area contributed by atoms with E-state index in [2.05, 4.69) is 10.3 Å². The molecule has 0 bridgehead atoms. The lowest BCUT2D eigenvalue weighted by molar-refractivity contribution is -0.115. The molecule has 0 saturated carbocycles. The van der Waals surface area contributed by atoms with Gasteiger partial charge in [-0.2, -0.15) is 0 Å². The summed E-state index contributed by atoms with van der Waals surface area (Å²) in [6.45, 7) is 0. The minimum absolute atomic E-state index is 0.00673. The fourth-order valence-corrected chi connectivity index (χ4v) is 4.43. The van der Waals surface area contributed by atoms with Gasteiger partial charge in [-0.1, -0.05) is 11.8 Å². The van der Waals surface area contributed by atoms with Crippen LogP contribution in [0.15, 0.2) is 52.2 Å². The van der Waals surface area contributed by atoms with Crippen molar-refractivity contribution in [1.82, 2.24) is 4.98 Å². The van der Waals surface area contributed by atoms with Gasteiger partial charge in [0.25, 0.3) is 0 Å². The molecule has 162 valence electrons. The number of ether oxygens (including phenoxy) is 3. The molecule has 1 heterocycles. The van der Waals surface area contributed by atoms with E-state index in [4.69, 9.17) is 14.2 Å². The maximum absolute atomic E-state index is 12.4. The van der Waals surface area contributed by atoms with Gasteiger partial charge in [0.15, 0.2) is 10.1 Å². The maximum Gasteiger partial charge on any atom is 0.230 e. The smallest absolute Gasteiger partial charge is 0.230 e. The molecule has 0 saturated heterocycles. The highest BCUT2D eigenvalue weighted by Gasteiger charge is 2.13. The molecule has 1 N–H and O–H groups in total. The summed E-state index contributed by atoms with van der Waals surface area (Å²) in [6, 6.07) is 12.2. The lowest BCUT2D eigenvalue weighted by Gasteiger charge is -2.11. The van der Waals surface area contributed by atoms with Gasteiger partial charge in [0.2, 0.25) is 5.91 Å². The van der Waals surface area contributed by atoms with Gasteiger partial charge in [0, 0.05) is 17.0 Å². The first-order chi connectivity index (χ1) is 15.0. The molecule has 3 rings (SSSR count). The Hall–Kier alpha value is -3.04. The quantitative estimate of drug-likeness (QED) is 0.357. The number of nitrogens with one attached hydrogen (secondary N) is 1. The maximum atomic E-state index is 12.4. The van der Waals surface area contributed by atoms with E-state index in [0.717, 1.165) is 4.34 Å². The number of ketones is 1. The molecular weight excluding hydrogens is 436 g/mol. The van der Waals surface area contributed by atoms with Crippen molar-refractivity contribution in [2.75, 3.05) is 32.4 Å².